The third-order valence-electron chi connectivity index (χ3n) is 5.35. The van der Waals surface area contributed by atoms with Crippen molar-refractivity contribution in [2.45, 2.75) is 46.5 Å². The number of carbonyl (C=O) groups excluding carboxylic acids is 1. The van der Waals surface area contributed by atoms with E-state index in [2.05, 4.69) is 11.3 Å². The Morgan fingerprint density at radius 2 is 1.79 bits per heavy atom. The molecule has 7 heteroatoms. The summed E-state index contributed by atoms with van der Waals surface area (Å²) in [6, 6.07) is 7.49. The SMILES string of the molecule is CCCCC(=O)N1CCCN(C2=NS(=O)(=O)C(c3ccc(C)cc3)=C2C)CC1. The maximum Gasteiger partial charge on any atom is 0.285 e. The quantitative estimate of drug-likeness (QED) is 0.774. The van der Waals surface area contributed by atoms with Crippen LogP contribution in [0.3, 0.4) is 0 Å². The van der Waals surface area contributed by atoms with Gasteiger partial charge in [-0.15, -0.1) is 4.40 Å². The normalized spacial score (nSPS) is 19.6. The van der Waals surface area contributed by atoms with E-state index in [9.17, 15) is 13.2 Å². The van der Waals surface area contributed by atoms with Gasteiger partial charge in [0.05, 0.1) is 0 Å². The molecule has 28 heavy (non-hydrogen) atoms. The van der Waals surface area contributed by atoms with Crippen LogP contribution in [0.4, 0.5) is 0 Å². The second kappa shape index (κ2) is 8.47. The number of aryl methyl sites for hydroxylation is 1. The van der Waals surface area contributed by atoms with Gasteiger partial charge in [-0.1, -0.05) is 43.2 Å². The van der Waals surface area contributed by atoms with E-state index in [-0.39, 0.29) is 5.91 Å². The lowest BCUT2D eigenvalue weighted by Crippen LogP contribution is -2.37. The van der Waals surface area contributed by atoms with Crippen molar-refractivity contribution in [2.24, 2.45) is 4.40 Å². The maximum absolute atomic E-state index is 12.8. The van der Waals surface area contributed by atoms with Crippen molar-refractivity contribution in [1.82, 2.24) is 9.80 Å². The molecular formula is C21H29N3O3S. The average Bonchev–Trinajstić information content (AvgIpc) is 2.83. The topological polar surface area (TPSA) is 70.1 Å². The highest BCUT2D eigenvalue weighted by molar-refractivity contribution is 8.00. The summed E-state index contributed by atoms with van der Waals surface area (Å²) in [4.78, 5) is 16.6. The van der Waals surface area contributed by atoms with E-state index in [1.165, 1.54) is 0 Å². The molecule has 2 heterocycles. The van der Waals surface area contributed by atoms with E-state index in [0.29, 0.717) is 54.5 Å². The molecule has 0 radical (unpaired) electrons. The Labute approximate surface area is 168 Å². The number of nitrogens with zero attached hydrogens (tertiary/aromatic N) is 3. The molecule has 0 saturated carbocycles. The van der Waals surface area contributed by atoms with Crippen LogP contribution in [0.25, 0.3) is 4.91 Å². The molecule has 0 aliphatic carbocycles. The van der Waals surface area contributed by atoms with Gasteiger partial charge in [-0.3, -0.25) is 4.79 Å². The van der Waals surface area contributed by atoms with Crippen LogP contribution < -0.4 is 0 Å². The average molecular weight is 404 g/mol. The molecule has 1 amide bonds. The highest BCUT2D eigenvalue weighted by Gasteiger charge is 2.34. The van der Waals surface area contributed by atoms with Crippen LogP contribution in [0.1, 0.15) is 50.7 Å². The minimum atomic E-state index is -3.71. The molecule has 3 rings (SSSR count). The summed E-state index contributed by atoms with van der Waals surface area (Å²) in [7, 11) is -3.71. The zero-order valence-electron chi connectivity index (χ0n) is 16.9. The summed E-state index contributed by atoms with van der Waals surface area (Å²) in [5, 5.41) is 0. The Kier molecular flexibility index (Phi) is 6.23. The summed E-state index contributed by atoms with van der Waals surface area (Å²) < 4.78 is 29.6. The maximum atomic E-state index is 12.8. The third-order valence-corrected chi connectivity index (χ3v) is 6.82. The van der Waals surface area contributed by atoms with Crippen molar-refractivity contribution in [3.63, 3.8) is 0 Å². The fraction of sp³-hybridized carbons (Fsp3) is 0.524. The zero-order chi connectivity index (χ0) is 20.3. The van der Waals surface area contributed by atoms with E-state index in [0.717, 1.165) is 24.8 Å². The number of unbranched alkanes of at least 4 members (excludes halogenated alkanes) is 1. The van der Waals surface area contributed by atoms with Crippen LogP contribution in [-0.4, -0.2) is 56.1 Å². The van der Waals surface area contributed by atoms with Gasteiger partial charge in [0.25, 0.3) is 10.0 Å². The lowest BCUT2D eigenvalue weighted by Gasteiger charge is -2.23. The minimum Gasteiger partial charge on any atom is -0.354 e. The van der Waals surface area contributed by atoms with Crippen molar-refractivity contribution >= 4 is 26.7 Å². The zero-order valence-corrected chi connectivity index (χ0v) is 17.8. The molecule has 0 N–H and O–H groups in total. The molecule has 1 fully saturated rings. The lowest BCUT2D eigenvalue weighted by molar-refractivity contribution is -0.131. The molecule has 1 aromatic carbocycles. The van der Waals surface area contributed by atoms with E-state index in [1.807, 2.05) is 47.9 Å². The Morgan fingerprint density at radius 3 is 2.46 bits per heavy atom. The molecule has 0 bridgehead atoms. The van der Waals surface area contributed by atoms with Crippen molar-refractivity contribution < 1.29 is 13.2 Å². The second-order valence-electron chi connectivity index (χ2n) is 7.54. The number of amides is 1. The Balaban J connectivity index is 1.80. The molecule has 152 valence electrons. The molecular weight excluding hydrogens is 374 g/mol. The van der Waals surface area contributed by atoms with Crippen molar-refractivity contribution in [2.75, 3.05) is 26.2 Å². The van der Waals surface area contributed by atoms with Crippen molar-refractivity contribution in [3.8, 4) is 0 Å². The van der Waals surface area contributed by atoms with E-state index in [4.69, 9.17) is 0 Å². The first-order chi connectivity index (χ1) is 13.3. The third kappa shape index (κ3) is 4.29. The number of amidine groups is 1. The van der Waals surface area contributed by atoms with Gasteiger partial charge >= 0.3 is 0 Å². The smallest absolute Gasteiger partial charge is 0.285 e. The molecule has 0 aromatic heterocycles. The van der Waals surface area contributed by atoms with Gasteiger partial charge < -0.3 is 9.80 Å². The van der Waals surface area contributed by atoms with E-state index < -0.39 is 10.0 Å². The van der Waals surface area contributed by atoms with Gasteiger partial charge in [0, 0.05) is 38.2 Å². The molecule has 1 aromatic rings. The Bertz CT molecular complexity index is 901. The van der Waals surface area contributed by atoms with Gasteiger partial charge in [0.1, 0.15) is 10.7 Å². The first-order valence-electron chi connectivity index (χ1n) is 9.99. The van der Waals surface area contributed by atoms with Gasteiger partial charge in [0.2, 0.25) is 5.91 Å². The predicted octanol–water partition coefficient (Wildman–Crippen LogP) is 3.19. The molecule has 1 saturated heterocycles. The summed E-state index contributed by atoms with van der Waals surface area (Å²) >= 11 is 0. The number of hydrogen-bond acceptors (Lipinski definition) is 4. The monoisotopic (exact) mass is 403 g/mol. The predicted molar refractivity (Wildman–Crippen MR) is 112 cm³/mol. The van der Waals surface area contributed by atoms with E-state index in [1.54, 1.807) is 0 Å². The summed E-state index contributed by atoms with van der Waals surface area (Å²) in [6.07, 6.45) is 3.31. The molecule has 0 spiro atoms. The fourth-order valence-corrected chi connectivity index (χ4v) is 5.24. The molecule has 6 nitrogen and oxygen atoms in total. The minimum absolute atomic E-state index is 0.192. The first kappa shape index (κ1) is 20.6. The summed E-state index contributed by atoms with van der Waals surface area (Å²) in [6.45, 7) is 8.50. The van der Waals surface area contributed by atoms with Crippen LogP contribution in [0, 0.1) is 6.92 Å². The second-order valence-corrected chi connectivity index (χ2v) is 9.08. The van der Waals surface area contributed by atoms with Crippen LogP contribution in [0.15, 0.2) is 34.2 Å². The van der Waals surface area contributed by atoms with Crippen LogP contribution in [-0.2, 0) is 14.8 Å². The van der Waals surface area contributed by atoms with Crippen molar-refractivity contribution in [3.05, 3.63) is 41.0 Å². The number of benzene rings is 1. The first-order valence-corrected chi connectivity index (χ1v) is 11.4. The largest absolute Gasteiger partial charge is 0.354 e. The number of sulfonamides is 1. The van der Waals surface area contributed by atoms with Gasteiger partial charge in [-0.25, -0.2) is 0 Å². The highest BCUT2D eigenvalue weighted by atomic mass is 32.2. The van der Waals surface area contributed by atoms with Gasteiger partial charge in [-0.05, 0) is 32.3 Å². The number of hydrogen-bond donors (Lipinski definition) is 0. The fourth-order valence-electron chi connectivity index (χ4n) is 3.75. The van der Waals surface area contributed by atoms with E-state index >= 15 is 0 Å². The summed E-state index contributed by atoms with van der Waals surface area (Å²) in [5.74, 6) is 0.718. The molecule has 2 aliphatic heterocycles. The standard InChI is InChI=1S/C21H29N3O3S/c1-4-5-7-19(25)23-12-6-13-24(15-14-23)21-17(3)20(28(26,27)22-21)18-10-8-16(2)9-11-18/h8-11H,4-7,12-15H2,1-3H3. The van der Waals surface area contributed by atoms with Gasteiger partial charge in [-0.2, -0.15) is 8.42 Å². The number of rotatable bonds is 4. The van der Waals surface area contributed by atoms with Crippen LogP contribution in [0.2, 0.25) is 0 Å². The Hall–Kier alpha value is -2.15. The molecule has 0 unspecified atom stereocenters. The van der Waals surface area contributed by atoms with Crippen LogP contribution >= 0.6 is 0 Å². The Morgan fingerprint density at radius 1 is 1.07 bits per heavy atom. The lowest BCUT2D eigenvalue weighted by atomic mass is 10.1. The van der Waals surface area contributed by atoms with Gasteiger partial charge in [0.15, 0.2) is 0 Å². The molecule has 0 atom stereocenters. The molecule has 2 aliphatic rings. The summed E-state index contributed by atoms with van der Waals surface area (Å²) in [5.41, 5.74) is 2.45. The van der Waals surface area contributed by atoms with Crippen LogP contribution in [0.5, 0.6) is 0 Å². The van der Waals surface area contributed by atoms with Crippen molar-refractivity contribution in [1.29, 1.82) is 0 Å². The number of carbonyl (C=O) groups is 1. The highest BCUT2D eigenvalue weighted by Crippen LogP contribution is 2.34.